The summed E-state index contributed by atoms with van der Waals surface area (Å²) < 4.78 is 0. The van der Waals surface area contributed by atoms with Gasteiger partial charge in [-0.15, -0.1) is 0 Å². The number of carbonyl (C=O) groups excluding carboxylic acids is 1. The van der Waals surface area contributed by atoms with Crippen molar-refractivity contribution in [3.8, 4) is 0 Å². The van der Waals surface area contributed by atoms with E-state index in [2.05, 4.69) is 15.4 Å². The van der Waals surface area contributed by atoms with Crippen molar-refractivity contribution in [1.29, 1.82) is 0 Å². The molecule has 1 aromatic rings. The molecule has 16 heavy (non-hydrogen) atoms. The highest BCUT2D eigenvalue weighted by Gasteiger charge is 2.27. The van der Waals surface area contributed by atoms with Crippen LogP contribution in [-0.4, -0.2) is 21.6 Å². The number of thioether (sulfide) groups is 1. The van der Waals surface area contributed by atoms with Crippen LogP contribution in [0.25, 0.3) is 0 Å². The van der Waals surface area contributed by atoms with Gasteiger partial charge in [-0.25, -0.2) is 15.8 Å². The zero-order valence-electron chi connectivity index (χ0n) is 9.65. The molecule has 1 amide bonds. The summed E-state index contributed by atoms with van der Waals surface area (Å²) in [7, 11) is 0. The molecule has 6 heteroatoms. The first kappa shape index (κ1) is 12.9. The lowest BCUT2D eigenvalue weighted by atomic mass is 9.96. The maximum absolute atomic E-state index is 11.4. The van der Waals surface area contributed by atoms with E-state index in [-0.39, 0.29) is 5.91 Å². The van der Waals surface area contributed by atoms with Crippen LogP contribution in [0.3, 0.4) is 0 Å². The Kier molecular flexibility index (Phi) is 4.26. The number of aromatic nitrogens is 2. The normalized spacial score (nSPS) is 11.2. The number of amides is 1. The Bertz CT molecular complexity index is 364. The number of nitrogens with one attached hydrogen (secondary N) is 1. The quantitative estimate of drug-likeness (QED) is 0.269. The maximum Gasteiger partial charge on any atom is 0.240 e. The number of aryl methyl sites for hydroxylation is 1. The number of rotatable bonds is 4. The van der Waals surface area contributed by atoms with Crippen LogP contribution in [0.4, 0.5) is 0 Å². The van der Waals surface area contributed by atoms with Gasteiger partial charge in [-0.05, 0) is 12.5 Å². The molecule has 0 radical (unpaired) electrons. The Balaban J connectivity index is 2.57. The van der Waals surface area contributed by atoms with E-state index in [1.807, 2.05) is 20.8 Å². The fourth-order valence-corrected chi connectivity index (χ4v) is 1.84. The van der Waals surface area contributed by atoms with E-state index in [0.29, 0.717) is 10.9 Å². The molecule has 5 nitrogen and oxygen atoms in total. The van der Waals surface area contributed by atoms with Gasteiger partial charge in [-0.3, -0.25) is 10.2 Å². The molecule has 0 fully saturated rings. The summed E-state index contributed by atoms with van der Waals surface area (Å²) in [5, 5.41) is 0.670. The first-order chi connectivity index (χ1) is 7.45. The van der Waals surface area contributed by atoms with E-state index in [1.54, 1.807) is 12.4 Å². The Hall–Kier alpha value is -1.14. The predicted octanol–water partition coefficient (Wildman–Crippen LogP) is 0.893. The molecule has 0 unspecified atom stereocenters. The highest BCUT2D eigenvalue weighted by Crippen LogP contribution is 2.25. The topological polar surface area (TPSA) is 80.9 Å². The summed E-state index contributed by atoms with van der Waals surface area (Å²) in [5.41, 5.74) is 2.64. The first-order valence-electron chi connectivity index (χ1n) is 4.88. The Labute approximate surface area is 99.2 Å². The number of nitrogens with zero attached hydrogens (tertiary/aromatic N) is 2. The molecule has 3 N–H and O–H groups in total. The molecular weight excluding hydrogens is 224 g/mol. The minimum Gasteiger partial charge on any atom is -0.294 e. The van der Waals surface area contributed by atoms with E-state index in [9.17, 15) is 4.79 Å². The number of hydrazine groups is 1. The van der Waals surface area contributed by atoms with Crippen LogP contribution < -0.4 is 11.3 Å². The Morgan fingerprint density at radius 2 is 2.06 bits per heavy atom. The van der Waals surface area contributed by atoms with Gasteiger partial charge in [0.1, 0.15) is 0 Å². The van der Waals surface area contributed by atoms with Crippen LogP contribution >= 0.6 is 11.8 Å². The second kappa shape index (κ2) is 5.27. The van der Waals surface area contributed by atoms with Crippen LogP contribution in [0.5, 0.6) is 0 Å². The van der Waals surface area contributed by atoms with Gasteiger partial charge >= 0.3 is 0 Å². The van der Waals surface area contributed by atoms with Gasteiger partial charge in [-0.1, -0.05) is 25.6 Å². The van der Waals surface area contributed by atoms with Gasteiger partial charge in [0.2, 0.25) is 5.91 Å². The Morgan fingerprint density at radius 1 is 1.50 bits per heavy atom. The third-order valence-corrected chi connectivity index (χ3v) is 3.40. The van der Waals surface area contributed by atoms with Gasteiger partial charge < -0.3 is 0 Å². The molecule has 88 valence electrons. The van der Waals surface area contributed by atoms with E-state index in [4.69, 9.17) is 5.84 Å². The average Bonchev–Trinajstić information content (AvgIpc) is 2.27. The zero-order valence-corrected chi connectivity index (χ0v) is 10.5. The summed E-state index contributed by atoms with van der Waals surface area (Å²) in [4.78, 5) is 19.7. The van der Waals surface area contributed by atoms with Gasteiger partial charge in [0.25, 0.3) is 0 Å². The van der Waals surface area contributed by atoms with Crippen LogP contribution in [0.2, 0.25) is 0 Å². The highest BCUT2D eigenvalue weighted by molar-refractivity contribution is 7.99. The lowest BCUT2D eigenvalue weighted by Gasteiger charge is -2.20. The van der Waals surface area contributed by atoms with Crippen molar-refractivity contribution < 1.29 is 4.79 Å². The fraction of sp³-hybridized carbons (Fsp3) is 0.500. The summed E-state index contributed by atoms with van der Waals surface area (Å²) in [6.45, 7) is 5.59. The fourth-order valence-electron chi connectivity index (χ4n) is 0.961. The van der Waals surface area contributed by atoms with Gasteiger partial charge in [0.15, 0.2) is 5.16 Å². The standard InChI is InChI=1S/C10H16N4OS/c1-7-4-12-9(13-5-7)16-6-10(2,3)8(15)14-11/h4-5H,6,11H2,1-3H3,(H,14,15). The van der Waals surface area contributed by atoms with E-state index >= 15 is 0 Å². The molecule has 1 heterocycles. The van der Waals surface area contributed by atoms with Crippen LogP contribution in [0, 0.1) is 12.3 Å². The number of nitrogens with two attached hydrogens (primary N) is 1. The van der Waals surface area contributed by atoms with E-state index < -0.39 is 5.41 Å². The van der Waals surface area contributed by atoms with Crippen LogP contribution in [0.15, 0.2) is 17.6 Å². The van der Waals surface area contributed by atoms with Crippen molar-refractivity contribution in [2.45, 2.75) is 25.9 Å². The minimum absolute atomic E-state index is 0.188. The molecule has 0 saturated heterocycles. The maximum atomic E-state index is 11.4. The molecule has 0 spiro atoms. The number of hydrogen-bond acceptors (Lipinski definition) is 5. The molecule has 0 bridgehead atoms. The van der Waals surface area contributed by atoms with Crippen LogP contribution in [0.1, 0.15) is 19.4 Å². The smallest absolute Gasteiger partial charge is 0.240 e. The average molecular weight is 240 g/mol. The minimum atomic E-state index is -0.534. The largest absolute Gasteiger partial charge is 0.294 e. The molecule has 0 atom stereocenters. The monoisotopic (exact) mass is 240 g/mol. The van der Waals surface area contributed by atoms with Crippen molar-refractivity contribution >= 4 is 17.7 Å². The van der Waals surface area contributed by atoms with E-state index in [0.717, 1.165) is 5.56 Å². The van der Waals surface area contributed by atoms with Crippen molar-refractivity contribution in [1.82, 2.24) is 15.4 Å². The SMILES string of the molecule is Cc1cnc(SCC(C)(C)C(=O)NN)nc1. The molecule has 0 aliphatic heterocycles. The summed E-state index contributed by atoms with van der Waals surface area (Å²) in [5.74, 6) is 5.50. The van der Waals surface area contributed by atoms with E-state index in [1.165, 1.54) is 11.8 Å². The summed E-state index contributed by atoms with van der Waals surface area (Å²) in [6, 6.07) is 0. The molecule has 0 saturated carbocycles. The van der Waals surface area contributed by atoms with Crippen molar-refractivity contribution in [2.75, 3.05) is 5.75 Å². The lowest BCUT2D eigenvalue weighted by Crippen LogP contribution is -2.42. The predicted molar refractivity (Wildman–Crippen MR) is 63.6 cm³/mol. The summed E-state index contributed by atoms with van der Waals surface area (Å²) >= 11 is 1.44. The van der Waals surface area contributed by atoms with Crippen molar-refractivity contribution in [3.63, 3.8) is 0 Å². The molecule has 0 aliphatic carbocycles. The van der Waals surface area contributed by atoms with Crippen molar-refractivity contribution in [2.24, 2.45) is 11.3 Å². The second-order valence-corrected chi connectivity index (χ2v) is 5.13. The number of hydrogen-bond donors (Lipinski definition) is 2. The van der Waals surface area contributed by atoms with Crippen molar-refractivity contribution in [3.05, 3.63) is 18.0 Å². The highest BCUT2D eigenvalue weighted by atomic mass is 32.2. The van der Waals surface area contributed by atoms with Gasteiger partial charge in [0.05, 0.1) is 5.41 Å². The van der Waals surface area contributed by atoms with Gasteiger partial charge in [0, 0.05) is 18.1 Å². The number of carbonyl (C=O) groups is 1. The molecular formula is C10H16N4OS. The Morgan fingerprint density at radius 3 is 2.56 bits per heavy atom. The van der Waals surface area contributed by atoms with Crippen LogP contribution in [-0.2, 0) is 4.79 Å². The first-order valence-corrected chi connectivity index (χ1v) is 5.87. The zero-order chi connectivity index (χ0) is 12.2. The molecule has 1 rings (SSSR count). The third kappa shape index (κ3) is 3.46. The molecule has 0 aromatic carbocycles. The lowest BCUT2D eigenvalue weighted by molar-refractivity contribution is -0.128. The second-order valence-electron chi connectivity index (χ2n) is 4.19. The van der Waals surface area contributed by atoms with Gasteiger partial charge in [-0.2, -0.15) is 0 Å². The molecule has 0 aliphatic rings. The third-order valence-electron chi connectivity index (χ3n) is 2.07. The molecule has 1 aromatic heterocycles. The summed E-state index contributed by atoms with van der Waals surface area (Å²) in [6.07, 6.45) is 3.51.